The van der Waals surface area contributed by atoms with E-state index in [1.54, 1.807) is 13.1 Å². The predicted molar refractivity (Wildman–Crippen MR) is 67.7 cm³/mol. The Labute approximate surface area is 102 Å². The van der Waals surface area contributed by atoms with Gasteiger partial charge in [-0.1, -0.05) is 19.1 Å². The van der Waals surface area contributed by atoms with Crippen molar-refractivity contribution in [2.24, 2.45) is 5.92 Å². The summed E-state index contributed by atoms with van der Waals surface area (Å²) in [5.74, 6) is -0.108. The third kappa shape index (κ3) is 3.22. The van der Waals surface area contributed by atoms with Crippen LogP contribution in [0, 0.1) is 17.2 Å². The summed E-state index contributed by atoms with van der Waals surface area (Å²) < 4.78 is 0. The summed E-state index contributed by atoms with van der Waals surface area (Å²) in [6.45, 7) is 2.45. The first kappa shape index (κ1) is 13.0. The lowest BCUT2D eigenvalue weighted by Crippen LogP contribution is -2.34. The van der Waals surface area contributed by atoms with Crippen LogP contribution in [0.25, 0.3) is 0 Å². The first-order chi connectivity index (χ1) is 8.10. The van der Waals surface area contributed by atoms with Gasteiger partial charge in [-0.05, 0) is 12.1 Å². The maximum absolute atomic E-state index is 11.4. The van der Waals surface area contributed by atoms with Crippen molar-refractivity contribution in [3.05, 3.63) is 29.8 Å². The van der Waals surface area contributed by atoms with Crippen molar-refractivity contribution in [3.8, 4) is 6.07 Å². The Bertz CT molecular complexity index is 437. The SMILES string of the molecule is CNC(=O)C(C)CN(C)c1ccccc1C#N. The van der Waals surface area contributed by atoms with Crippen molar-refractivity contribution in [2.45, 2.75) is 6.92 Å². The van der Waals surface area contributed by atoms with E-state index in [1.165, 1.54) is 0 Å². The minimum absolute atomic E-state index is 0.00582. The number of amides is 1. The minimum Gasteiger partial charge on any atom is -0.373 e. The number of carbonyl (C=O) groups excluding carboxylic acids is 1. The fraction of sp³-hybridized carbons (Fsp3) is 0.385. The van der Waals surface area contributed by atoms with Crippen LogP contribution in [0.15, 0.2) is 24.3 Å². The number of benzene rings is 1. The van der Waals surface area contributed by atoms with Crippen molar-refractivity contribution in [1.29, 1.82) is 5.26 Å². The average Bonchev–Trinajstić information content (AvgIpc) is 2.37. The lowest BCUT2D eigenvalue weighted by molar-refractivity contribution is -0.123. The van der Waals surface area contributed by atoms with Crippen LogP contribution >= 0.6 is 0 Å². The van der Waals surface area contributed by atoms with E-state index in [4.69, 9.17) is 5.26 Å². The van der Waals surface area contributed by atoms with Gasteiger partial charge in [0, 0.05) is 20.6 Å². The molecule has 0 radical (unpaired) electrons. The number of para-hydroxylation sites is 1. The molecule has 4 heteroatoms. The van der Waals surface area contributed by atoms with Gasteiger partial charge in [-0.3, -0.25) is 4.79 Å². The Morgan fingerprint density at radius 3 is 2.76 bits per heavy atom. The standard InChI is InChI=1S/C13H17N3O/c1-10(13(17)15-2)9-16(3)12-7-5-4-6-11(12)8-14/h4-7,10H,9H2,1-3H3,(H,15,17). The summed E-state index contributed by atoms with van der Waals surface area (Å²) in [6.07, 6.45) is 0. The summed E-state index contributed by atoms with van der Waals surface area (Å²) in [5, 5.41) is 11.6. The van der Waals surface area contributed by atoms with Gasteiger partial charge in [0.05, 0.1) is 17.2 Å². The van der Waals surface area contributed by atoms with E-state index in [-0.39, 0.29) is 11.8 Å². The summed E-state index contributed by atoms with van der Waals surface area (Å²) in [7, 11) is 3.51. The normalized spacial score (nSPS) is 11.4. The second-order valence-corrected chi connectivity index (χ2v) is 4.02. The van der Waals surface area contributed by atoms with Crippen molar-refractivity contribution in [1.82, 2.24) is 5.32 Å². The number of nitrogens with one attached hydrogen (secondary N) is 1. The van der Waals surface area contributed by atoms with Crippen molar-refractivity contribution in [3.63, 3.8) is 0 Å². The Morgan fingerprint density at radius 2 is 2.18 bits per heavy atom. The van der Waals surface area contributed by atoms with E-state index in [0.29, 0.717) is 12.1 Å². The molecule has 1 N–H and O–H groups in total. The summed E-state index contributed by atoms with van der Waals surface area (Å²) in [6, 6.07) is 9.53. The molecular weight excluding hydrogens is 214 g/mol. The lowest BCUT2D eigenvalue weighted by Gasteiger charge is -2.23. The first-order valence-corrected chi connectivity index (χ1v) is 5.52. The van der Waals surface area contributed by atoms with E-state index in [1.807, 2.05) is 37.1 Å². The molecule has 1 unspecified atom stereocenters. The number of nitrogens with zero attached hydrogens (tertiary/aromatic N) is 2. The molecule has 0 heterocycles. The molecule has 0 bridgehead atoms. The van der Waals surface area contributed by atoms with Gasteiger partial charge in [-0.25, -0.2) is 0 Å². The highest BCUT2D eigenvalue weighted by molar-refractivity contribution is 5.78. The molecule has 0 fully saturated rings. The van der Waals surface area contributed by atoms with Gasteiger partial charge in [0.2, 0.25) is 5.91 Å². The number of rotatable bonds is 4. The van der Waals surface area contributed by atoms with Gasteiger partial charge in [-0.15, -0.1) is 0 Å². The molecule has 0 spiro atoms. The molecule has 0 aromatic heterocycles. The Hall–Kier alpha value is -2.02. The van der Waals surface area contributed by atoms with E-state index in [9.17, 15) is 4.79 Å². The monoisotopic (exact) mass is 231 g/mol. The topological polar surface area (TPSA) is 56.1 Å². The molecule has 0 aliphatic heterocycles. The highest BCUT2D eigenvalue weighted by Crippen LogP contribution is 2.18. The molecule has 90 valence electrons. The molecule has 0 saturated heterocycles. The average molecular weight is 231 g/mol. The van der Waals surface area contributed by atoms with Gasteiger partial charge < -0.3 is 10.2 Å². The second kappa shape index (κ2) is 5.90. The third-order valence-electron chi connectivity index (χ3n) is 2.68. The minimum atomic E-state index is -0.114. The molecule has 17 heavy (non-hydrogen) atoms. The molecule has 1 rings (SSSR count). The zero-order valence-electron chi connectivity index (χ0n) is 10.4. The highest BCUT2D eigenvalue weighted by Gasteiger charge is 2.15. The van der Waals surface area contributed by atoms with Gasteiger partial charge in [0.25, 0.3) is 0 Å². The second-order valence-electron chi connectivity index (χ2n) is 4.02. The van der Waals surface area contributed by atoms with Crippen molar-refractivity contribution >= 4 is 11.6 Å². The van der Waals surface area contributed by atoms with Crippen LogP contribution in [-0.4, -0.2) is 26.5 Å². The molecule has 4 nitrogen and oxygen atoms in total. The molecular formula is C13H17N3O. The van der Waals surface area contributed by atoms with Crippen molar-refractivity contribution < 1.29 is 4.79 Å². The molecule has 0 aliphatic rings. The summed E-state index contributed by atoms with van der Waals surface area (Å²) in [5.41, 5.74) is 1.48. The lowest BCUT2D eigenvalue weighted by atomic mass is 10.1. The fourth-order valence-corrected chi connectivity index (χ4v) is 1.74. The largest absolute Gasteiger partial charge is 0.373 e. The molecule has 0 saturated carbocycles. The Morgan fingerprint density at radius 1 is 1.53 bits per heavy atom. The van der Waals surface area contributed by atoms with Crippen LogP contribution in [0.1, 0.15) is 12.5 Å². The van der Waals surface area contributed by atoms with Gasteiger partial charge >= 0.3 is 0 Å². The zero-order valence-corrected chi connectivity index (χ0v) is 10.4. The van der Waals surface area contributed by atoms with E-state index < -0.39 is 0 Å². The van der Waals surface area contributed by atoms with E-state index in [2.05, 4.69) is 11.4 Å². The Balaban J connectivity index is 2.80. The van der Waals surface area contributed by atoms with Crippen LogP contribution in [-0.2, 0) is 4.79 Å². The maximum Gasteiger partial charge on any atom is 0.224 e. The smallest absolute Gasteiger partial charge is 0.224 e. The quantitative estimate of drug-likeness (QED) is 0.851. The van der Waals surface area contributed by atoms with Gasteiger partial charge in [-0.2, -0.15) is 5.26 Å². The zero-order chi connectivity index (χ0) is 12.8. The first-order valence-electron chi connectivity index (χ1n) is 5.52. The van der Waals surface area contributed by atoms with E-state index >= 15 is 0 Å². The number of hydrogen-bond acceptors (Lipinski definition) is 3. The number of nitriles is 1. The van der Waals surface area contributed by atoms with Crippen molar-refractivity contribution in [2.75, 3.05) is 25.5 Å². The number of hydrogen-bond donors (Lipinski definition) is 1. The van der Waals surface area contributed by atoms with E-state index in [0.717, 1.165) is 5.69 Å². The predicted octanol–water partition coefficient (Wildman–Crippen LogP) is 1.38. The molecule has 1 aromatic carbocycles. The van der Waals surface area contributed by atoms with Crippen LogP contribution in [0.5, 0.6) is 0 Å². The summed E-state index contributed by atoms with van der Waals surface area (Å²) in [4.78, 5) is 13.4. The van der Waals surface area contributed by atoms with Crippen LogP contribution in [0.3, 0.4) is 0 Å². The molecule has 1 atom stereocenters. The van der Waals surface area contributed by atoms with Crippen LogP contribution < -0.4 is 10.2 Å². The number of carbonyl (C=O) groups is 1. The molecule has 0 aliphatic carbocycles. The third-order valence-corrected chi connectivity index (χ3v) is 2.68. The number of anilines is 1. The van der Waals surface area contributed by atoms with Gasteiger partial charge in [0.1, 0.15) is 6.07 Å². The highest BCUT2D eigenvalue weighted by atomic mass is 16.1. The fourth-order valence-electron chi connectivity index (χ4n) is 1.74. The van der Waals surface area contributed by atoms with Gasteiger partial charge in [0.15, 0.2) is 0 Å². The maximum atomic E-state index is 11.4. The summed E-state index contributed by atoms with van der Waals surface area (Å²) >= 11 is 0. The Kier molecular flexibility index (Phi) is 4.53. The molecule has 1 aromatic rings. The van der Waals surface area contributed by atoms with Crippen LogP contribution in [0.2, 0.25) is 0 Å². The van der Waals surface area contributed by atoms with Crippen LogP contribution in [0.4, 0.5) is 5.69 Å². The molecule has 1 amide bonds.